The normalized spacial score (nSPS) is 10.6. The highest BCUT2D eigenvalue weighted by atomic mass is 32.1. The molecule has 0 unspecified atom stereocenters. The van der Waals surface area contributed by atoms with E-state index in [0.717, 1.165) is 6.42 Å². The fourth-order valence-electron chi connectivity index (χ4n) is 1.40. The molecule has 2 N–H and O–H groups in total. The second-order valence-corrected chi connectivity index (χ2v) is 4.30. The SMILES string of the molecule is CCCNC(=O)c1c(O)nc2sccn2c1=O. The zero-order chi connectivity index (χ0) is 12.4. The van der Waals surface area contributed by atoms with Crippen molar-refractivity contribution in [3.8, 4) is 5.88 Å². The van der Waals surface area contributed by atoms with E-state index in [-0.39, 0.29) is 5.56 Å². The van der Waals surface area contributed by atoms with Gasteiger partial charge in [-0.25, -0.2) is 0 Å². The van der Waals surface area contributed by atoms with Crippen LogP contribution >= 0.6 is 11.3 Å². The summed E-state index contributed by atoms with van der Waals surface area (Å²) in [4.78, 5) is 27.8. The van der Waals surface area contributed by atoms with Gasteiger partial charge >= 0.3 is 0 Å². The lowest BCUT2D eigenvalue weighted by molar-refractivity contribution is 0.0948. The topological polar surface area (TPSA) is 83.7 Å². The van der Waals surface area contributed by atoms with Crippen molar-refractivity contribution in [2.24, 2.45) is 0 Å². The van der Waals surface area contributed by atoms with E-state index in [2.05, 4.69) is 10.3 Å². The average molecular weight is 253 g/mol. The molecular formula is C10H11N3O3S. The van der Waals surface area contributed by atoms with E-state index < -0.39 is 17.3 Å². The summed E-state index contributed by atoms with van der Waals surface area (Å²) in [5, 5.41) is 13.8. The van der Waals surface area contributed by atoms with E-state index in [9.17, 15) is 14.7 Å². The van der Waals surface area contributed by atoms with E-state index in [4.69, 9.17) is 0 Å². The lowest BCUT2D eigenvalue weighted by Crippen LogP contribution is -2.31. The van der Waals surface area contributed by atoms with Crippen LogP contribution in [0.4, 0.5) is 0 Å². The van der Waals surface area contributed by atoms with Crippen molar-refractivity contribution in [1.82, 2.24) is 14.7 Å². The third-order valence-electron chi connectivity index (χ3n) is 2.21. The number of carbonyl (C=O) groups is 1. The maximum absolute atomic E-state index is 11.9. The summed E-state index contributed by atoms with van der Waals surface area (Å²) in [6.45, 7) is 2.34. The maximum atomic E-state index is 11.9. The van der Waals surface area contributed by atoms with Crippen molar-refractivity contribution in [2.75, 3.05) is 6.54 Å². The molecule has 0 bridgehead atoms. The van der Waals surface area contributed by atoms with Crippen molar-refractivity contribution in [2.45, 2.75) is 13.3 Å². The predicted octanol–water partition coefficient (Wildman–Crippen LogP) is 0.601. The highest BCUT2D eigenvalue weighted by Gasteiger charge is 2.19. The van der Waals surface area contributed by atoms with Gasteiger partial charge in [-0.3, -0.25) is 14.0 Å². The number of hydrogen-bond acceptors (Lipinski definition) is 5. The Labute approximate surface area is 101 Å². The van der Waals surface area contributed by atoms with Crippen LogP contribution in [0.2, 0.25) is 0 Å². The van der Waals surface area contributed by atoms with Crippen LogP contribution in [-0.2, 0) is 0 Å². The molecule has 2 aromatic rings. The van der Waals surface area contributed by atoms with Crippen molar-refractivity contribution in [3.63, 3.8) is 0 Å². The van der Waals surface area contributed by atoms with E-state index in [1.54, 1.807) is 5.38 Å². The standard InChI is InChI=1S/C10H11N3O3S/c1-2-3-11-7(14)6-8(15)12-10-13(9(6)16)4-5-17-10/h4-5,15H,2-3H2,1H3,(H,11,14). The Morgan fingerprint density at radius 3 is 3.12 bits per heavy atom. The van der Waals surface area contributed by atoms with Crippen LogP contribution in [0.5, 0.6) is 5.88 Å². The van der Waals surface area contributed by atoms with E-state index in [0.29, 0.717) is 11.5 Å². The van der Waals surface area contributed by atoms with Crippen LogP contribution in [-0.4, -0.2) is 26.9 Å². The molecule has 17 heavy (non-hydrogen) atoms. The van der Waals surface area contributed by atoms with Gasteiger partial charge in [0.05, 0.1) is 0 Å². The van der Waals surface area contributed by atoms with Gasteiger partial charge < -0.3 is 10.4 Å². The molecule has 6 nitrogen and oxygen atoms in total. The Morgan fingerprint density at radius 1 is 1.65 bits per heavy atom. The van der Waals surface area contributed by atoms with E-state index >= 15 is 0 Å². The molecule has 1 amide bonds. The zero-order valence-corrected chi connectivity index (χ0v) is 9.95. The van der Waals surface area contributed by atoms with Gasteiger partial charge in [0.15, 0.2) is 10.5 Å². The number of rotatable bonds is 3. The number of amides is 1. The number of nitrogens with zero attached hydrogens (tertiary/aromatic N) is 2. The number of aromatic nitrogens is 2. The summed E-state index contributed by atoms with van der Waals surface area (Å²) in [5.41, 5.74) is -0.864. The minimum Gasteiger partial charge on any atom is -0.492 e. The van der Waals surface area contributed by atoms with Crippen LogP contribution in [0, 0.1) is 0 Å². The molecule has 0 fully saturated rings. The summed E-state index contributed by atoms with van der Waals surface area (Å²) >= 11 is 1.21. The summed E-state index contributed by atoms with van der Waals surface area (Å²) in [7, 11) is 0. The predicted molar refractivity (Wildman–Crippen MR) is 63.6 cm³/mol. The molecule has 0 aliphatic heterocycles. The van der Waals surface area contributed by atoms with Crippen molar-refractivity contribution in [3.05, 3.63) is 27.5 Å². The van der Waals surface area contributed by atoms with Gasteiger partial charge in [-0.1, -0.05) is 6.92 Å². The molecule has 2 heterocycles. The highest BCUT2D eigenvalue weighted by Crippen LogP contribution is 2.14. The lowest BCUT2D eigenvalue weighted by atomic mass is 10.3. The molecule has 0 aromatic carbocycles. The van der Waals surface area contributed by atoms with Crippen LogP contribution in [0.1, 0.15) is 23.7 Å². The molecular weight excluding hydrogens is 242 g/mol. The fourth-order valence-corrected chi connectivity index (χ4v) is 2.10. The van der Waals surface area contributed by atoms with Crippen LogP contribution in [0.15, 0.2) is 16.4 Å². The second-order valence-electron chi connectivity index (χ2n) is 3.43. The molecule has 0 saturated heterocycles. The van der Waals surface area contributed by atoms with Gasteiger partial charge in [-0.2, -0.15) is 4.98 Å². The lowest BCUT2D eigenvalue weighted by Gasteiger charge is -2.04. The van der Waals surface area contributed by atoms with Crippen molar-refractivity contribution < 1.29 is 9.90 Å². The first-order valence-corrected chi connectivity index (χ1v) is 6.00. The van der Waals surface area contributed by atoms with Gasteiger partial charge in [-0.15, -0.1) is 11.3 Å². The molecule has 0 aliphatic carbocycles. The molecule has 90 valence electrons. The molecule has 0 saturated carbocycles. The first-order valence-electron chi connectivity index (χ1n) is 5.12. The molecule has 7 heteroatoms. The average Bonchev–Trinajstić information content (AvgIpc) is 2.74. The maximum Gasteiger partial charge on any atom is 0.275 e. The number of fused-ring (bicyclic) bond motifs is 1. The largest absolute Gasteiger partial charge is 0.492 e. The Hall–Kier alpha value is -1.89. The molecule has 0 radical (unpaired) electrons. The molecule has 0 aliphatic rings. The van der Waals surface area contributed by atoms with E-state index in [1.165, 1.54) is 21.9 Å². The molecule has 2 aromatic heterocycles. The number of nitrogens with one attached hydrogen (secondary N) is 1. The van der Waals surface area contributed by atoms with Crippen LogP contribution < -0.4 is 10.9 Å². The Bertz CT molecular complexity index is 617. The van der Waals surface area contributed by atoms with Crippen LogP contribution in [0.25, 0.3) is 4.96 Å². The van der Waals surface area contributed by atoms with E-state index in [1.807, 2.05) is 6.92 Å². The quantitative estimate of drug-likeness (QED) is 0.839. The number of carbonyl (C=O) groups excluding carboxylic acids is 1. The van der Waals surface area contributed by atoms with Gasteiger partial charge in [-0.05, 0) is 6.42 Å². The first kappa shape index (κ1) is 11.6. The first-order chi connectivity index (χ1) is 8.15. The summed E-state index contributed by atoms with van der Waals surface area (Å²) < 4.78 is 1.24. The van der Waals surface area contributed by atoms with Gasteiger partial charge in [0.1, 0.15) is 0 Å². The van der Waals surface area contributed by atoms with Crippen molar-refractivity contribution >= 4 is 22.2 Å². The molecule has 0 atom stereocenters. The number of aromatic hydroxyl groups is 1. The van der Waals surface area contributed by atoms with Gasteiger partial charge in [0.2, 0.25) is 5.88 Å². The van der Waals surface area contributed by atoms with Gasteiger partial charge in [0.25, 0.3) is 11.5 Å². The minimum atomic E-state index is -0.595. The summed E-state index contributed by atoms with van der Waals surface area (Å²) in [6.07, 6.45) is 2.27. The second kappa shape index (κ2) is 4.54. The summed E-state index contributed by atoms with van der Waals surface area (Å²) in [6, 6.07) is 0. The summed E-state index contributed by atoms with van der Waals surface area (Å²) in [5.74, 6) is -1.12. The third kappa shape index (κ3) is 2.01. The number of thiazole rings is 1. The van der Waals surface area contributed by atoms with Crippen molar-refractivity contribution in [1.29, 1.82) is 0 Å². The monoisotopic (exact) mass is 253 g/mol. The van der Waals surface area contributed by atoms with Crippen LogP contribution in [0.3, 0.4) is 0 Å². The smallest absolute Gasteiger partial charge is 0.275 e. The minimum absolute atomic E-state index is 0.311. The Morgan fingerprint density at radius 2 is 2.41 bits per heavy atom. The molecule has 2 rings (SSSR count). The fraction of sp³-hybridized carbons (Fsp3) is 0.300. The molecule has 0 spiro atoms. The Balaban J connectivity index is 2.53. The van der Waals surface area contributed by atoms with Gasteiger partial charge in [0, 0.05) is 18.1 Å². The number of hydrogen-bond donors (Lipinski definition) is 2. The Kier molecular flexibility index (Phi) is 3.10. The highest BCUT2D eigenvalue weighted by molar-refractivity contribution is 7.15. The third-order valence-corrected chi connectivity index (χ3v) is 2.97. The zero-order valence-electron chi connectivity index (χ0n) is 9.14.